The highest BCUT2D eigenvalue weighted by molar-refractivity contribution is 5.41. The molecule has 2 aromatic rings. The van der Waals surface area contributed by atoms with Gasteiger partial charge in [-0.2, -0.15) is 5.26 Å². The van der Waals surface area contributed by atoms with E-state index in [4.69, 9.17) is 5.26 Å². The van der Waals surface area contributed by atoms with Crippen molar-refractivity contribution < 1.29 is 8.78 Å². The average molecular weight is 341 g/mol. The minimum absolute atomic E-state index is 0.141. The maximum absolute atomic E-state index is 13.5. The summed E-state index contributed by atoms with van der Waals surface area (Å²) in [6, 6.07) is 8.72. The third kappa shape index (κ3) is 2.30. The first kappa shape index (κ1) is 15.9. The maximum atomic E-state index is 13.5. The zero-order valence-corrected chi connectivity index (χ0v) is 14.0. The van der Waals surface area contributed by atoms with E-state index in [1.807, 2.05) is 6.07 Å². The molecular weight excluding hydrogens is 324 g/mol. The second-order valence-corrected chi connectivity index (χ2v) is 7.04. The van der Waals surface area contributed by atoms with Crippen LogP contribution in [0.4, 0.5) is 8.78 Å². The van der Waals surface area contributed by atoms with Gasteiger partial charge in [0.15, 0.2) is 0 Å². The number of alkyl halides is 2. The second-order valence-electron chi connectivity index (χ2n) is 7.04. The highest BCUT2D eigenvalue weighted by Crippen LogP contribution is 2.67. The molecule has 4 nitrogen and oxygen atoms in total. The Morgan fingerprint density at radius 2 is 1.80 bits per heavy atom. The van der Waals surface area contributed by atoms with Crippen molar-refractivity contribution in [3.8, 4) is 11.8 Å². The standard InChI is InChI=1S/C19H17F2N3O/c1-10-11(2)23-17(13-7-15-16(8-13)19(15,20)21)24(18(10)25)14-5-3-12(9-22)4-6-14/h3-6,13,15-16H,7-8H2,1-2H3/t13-,15+,16-. The number of benzene rings is 1. The Balaban J connectivity index is 1.81. The van der Waals surface area contributed by atoms with Crippen molar-refractivity contribution in [2.45, 2.75) is 38.5 Å². The van der Waals surface area contributed by atoms with E-state index in [2.05, 4.69) is 4.98 Å². The van der Waals surface area contributed by atoms with Gasteiger partial charge in [0.05, 0.1) is 17.3 Å². The number of aromatic nitrogens is 2. The molecule has 0 bridgehead atoms. The van der Waals surface area contributed by atoms with Crippen LogP contribution in [0.25, 0.3) is 5.69 Å². The number of nitrogens with zero attached hydrogens (tertiary/aromatic N) is 3. The lowest BCUT2D eigenvalue weighted by atomic mass is 10.0. The van der Waals surface area contributed by atoms with Crippen molar-refractivity contribution in [1.29, 1.82) is 5.26 Å². The monoisotopic (exact) mass is 341 g/mol. The molecule has 0 unspecified atom stereocenters. The predicted molar refractivity (Wildman–Crippen MR) is 87.9 cm³/mol. The van der Waals surface area contributed by atoms with Gasteiger partial charge in [-0.15, -0.1) is 0 Å². The van der Waals surface area contributed by atoms with Crippen LogP contribution in [0.15, 0.2) is 29.1 Å². The van der Waals surface area contributed by atoms with E-state index in [0.717, 1.165) is 0 Å². The van der Waals surface area contributed by atoms with E-state index in [1.54, 1.807) is 38.1 Å². The molecule has 2 saturated carbocycles. The van der Waals surface area contributed by atoms with Gasteiger partial charge in [-0.25, -0.2) is 13.8 Å². The molecule has 0 N–H and O–H groups in total. The normalized spacial score (nSPS) is 26.1. The van der Waals surface area contributed by atoms with E-state index in [-0.39, 0.29) is 11.5 Å². The second kappa shape index (κ2) is 5.22. The number of halogens is 2. The Morgan fingerprint density at radius 1 is 1.20 bits per heavy atom. The summed E-state index contributed by atoms with van der Waals surface area (Å²) in [6.07, 6.45) is 0.728. The summed E-state index contributed by atoms with van der Waals surface area (Å²) in [6.45, 7) is 3.49. The van der Waals surface area contributed by atoms with Crippen LogP contribution in [-0.4, -0.2) is 15.5 Å². The molecule has 25 heavy (non-hydrogen) atoms. The number of fused-ring (bicyclic) bond motifs is 1. The van der Waals surface area contributed by atoms with Gasteiger partial charge in [-0.05, 0) is 51.0 Å². The maximum Gasteiger partial charge on any atom is 0.261 e. The molecule has 4 rings (SSSR count). The highest BCUT2D eigenvalue weighted by atomic mass is 19.3. The van der Waals surface area contributed by atoms with Crippen LogP contribution >= 0.6 is 0 Å². The topological polar surface area (TPSA) is 58.7 Å². The molecule has 1 aromatic heterocycles. The fraction of sp³-hybridized carbons (Fsp3) is 0.421. The molecular formula is C19H17F2N3O. The van der Waals surface area contributed by atoms with Crippen LogP contribution in [0.2, 0.25) is 0 Å². The summed E-state index contributed by atoms with van der Waals surface area (Å²) >= 11 is 0. The molecule has 0 amide bonds. The molecule has 128 valence electrons. The van der Waals surface area contributed by atoms with Gasteiger partial charge in [0.25, 0.3) is 11.5 Å². The van der Waals surface area contributed by atoms with Crippen LogP contribution in [0, 0.1) is 37.0 Å². The fourth-order valence-corrected chi connectivity index (χ4v) is 3.96. The molecule has 1 aromatic carbocycles. The first-order chi connectivity index (χ1) is 11.8. The predicted octanol–water partition coefficient (Wildman–Crippen LogP) is 3.48. The molecule has 2 aliphatic rings. The first-order valence-corrected chi connectivity index (χ1v) is 8.33. The molecule has 0 spiro atoms. The minimum atomic E-state index is -2.55. The third-order valence-electron chi connectivity index (χ3n) is 5.64. The van der Waals surface area contributed by atoms with Crippen LogP contribution in [-0.2, 0) is 0 Å². The zero-order valence-electron chi connectivity index (χ0n) is 14.0. The molecule has 1 heterocycles. The van der Waals surface area contributed by atoms with Gasteiger partial charge in [-0.1, -0.05) is 0 Å². The quantitative estimate of drug-likeness (QED) is 0.840. The number of nitriles is 1. The Labute approximate surface area is 143 Å². The van der Waals surface area contributed by atoms with Crippen molar-refractivity contribution in [2.75, 3.05) is 0 Å². The number of hydrogen-bond donors (Lipinski definition) is 0. The van der Waals surface area contributed by atoms with E-state index in [0.29, 0.717) is 41.2 Å². The van der Waals surface area contributed by atoms with E-state index < -0.39 is 17.8 Å². The average Bonchev–Trinajstić information content (AvgIpc) is 2.95. The largest absolute Gasteiger partial charge is 0.269 e. The van der Waals surface area contributed by atoms with Crippen LogP contribution in [0.5, 0.6) is 0 Å². The lowest BCUT2D eigenvalue weighted by molar-refractivity contribution is 0.0689. The minimum Gasteiger partial charge on any atom is -0.269 e. The van der Waals surface area contributed by atoms with E-state index in [9.17, 15) is 13.6 Å². The van der Waals surface area contributed by atoms with E-state index >= 15 is 0 Å². The summed E-state index contributed by atoms with van der Waals surface area (Å²) in [5, 5.41) is 8.94. The Hall–Kier alpha value is -2.55. The Kier molecular flexibility index (Phi) is 3.33. The van der Waals surface area contributed by atoms with Gasteiger partial charge in [0, 0.05) is 29.0 Å². The molecule has 3 atom stereocenters. The Morgan fingerprint density at radius 3 is 2.36 bits per heavy atom. The molecule has 0 aliphatic heterocycles. The molecule has 0 saturated heterocycles. The number of hydrogen-bond acceptors (Lipinski definition) is 3. The van der Waals surface area contributed by atoms with Crippen molar-refractivity contribution in [2.24, 2.45) is 11.8 Å². The molecule has 6 heteroatoms. The fourth-order valence-electron chi connectivity index (χ4n) is 3.96. The van der Waals surface area contributed by atoms with Crippen molar-refractivity contribution in [3.63, 3.8) is 0 Å². The van der Waals surface area contributed by atoms with Gasteiger partial charge in [0.2, 0.25) is 0 Å². The van der Waals surface area contributed by atoms with Gasteiger partial charge >= 0.3 is 0 Å². The molecule has 2 aliphatic carbocycles. The summed E-state index contributed by atoms with van der Waals surface area (Å²) in [7, 11) is 0. The summed E-state index contributed by atoms with van der Waals surface area (Å²) in [5.41, 5.74) is 2.11. The lowest BCUT2D eigenvalue weighted by Crippen LogP contribution is -2.28. The van der Waals surface area contributed by atoms with Crippen molar-refractivity contribution in [1.82, 2.24) is 9.55 Å². The highest BCUT2D eigenvalue weighted by Gasteiger charge is 2.71. The third-order valence-corrected chi connectivity index (χ3v) is 5.64. The number of aryl methyl sites for hydroxylation is 1. The van der Waals surface area contributed by atoms with E-state index in [1.165, 1.54) is 4.57 Å². The SMILES string of the molecule is Cc1nc([C@H]2C[C@@H]3[C@H](C2)C3(F)F)n(-c2ccc(C#N)cc2)c(=O)c1C. The van der Waals surface area contributed by atoms with Crippen LogP contribution < -0.4 is 5.56 Å². The molecule has 2 fully saturated rings. The first-order valence-electron chi connectivity index (χ1n) is 8.33. The van der Waals surface area contributed by atoms with Gasteiger partial charge < -0.3 is 0 Å². The number of rotatable bonds is 2. The van der Waals surface area contributed by atoms with Crippen molar-refractivity contribution in [3.05, 3.63) is 57.3 Å². The van der Waals surface area contributed by atoms with Gasteiger partial charge in [-0.3, -0.25) is 9.36 Å². The smallest absolute Gasteiger partial charge is 0.261 e. The van der Waals surface area contributed by atoms with Crippen LogP contribution in [0.3, 0.4) is 0 Å². The lowest BCUT2D eigenvalue weighted by Gasteiger charge is -2.20. The van der Waals surface area contributed by atoms with Crippen molar-refractivity contribution >= 4 is 0 Å². The zero-order chi connectivity index (χ0) is 17.9. The Bertz CT molecular complexity index is 942. The summed E-state index contributed by atoms with van der Waals surface area (Å²) in [4.78, 5) is 17.4. The molecule has 0 radical (unpaired) electrons. The van der Waals surface area contributed by atoms with Gasteiger partial charge in [0.1, 0.15) is 5.82 Å². The summed E-state index contributed by atoms with van der Waals surface area (Å²) < 4.78 is 28.6. The summed E-state index contributed by atoms with van der Waals surface area (Å²) in [5.74, 6) is -3.29. The van der Waals surface area contributed by atoms with Crippen LogP contribution in [0.1, 0.15) is 41.4 Å².